The minimum atomic E-state index is -0.868. The number of unbranched alkanes of at least 4 members (excludes halogenated alkanes) is 1. The Morgan fingerprint density at radius 3 is 2.65 bits per heavy atom. The maximum Gasteiger partial charge on any atom is 0.307 e. The molecule has 2 aliphatic carbocycles. The number of aliphatic carboxylic acids is 1. The molecule has 0 bridgehead atoms. The van der Waals surface area contributed by atoms with Gasteiger partial charge in [-0.3, -0.25) is 9.59 Å². The number of carbonyl (C=O) groups is 2. The number of rotatable bonds is 8. The molecule has 0 radical (unpaired) electrons. The number of carboxylic acids is 1. The van der Waals surface area contributed by atoms with Gasteiger partial charge >= 0.3 is 11.9 Å². The highest BCUT2D eigenvalue weighted by Gasteiger charge is 2.44. The highest BCUT2D eigenvalue weighted by Crippen LogP contribution is 2.44. The van der Waals surface area contributed by atoms with E-state index in [4.69, 9.17) is 11.2 Å². The Hall–Kier alpha value is -1.50. The van der Waals surface area contributed by atoms with E-state index in [1.165, 1.54) is 0 Å². The van der Waals surface area contributed by atoms with Gasteiger partial charge in [-0.15, -0.1) is 12.3 Å². The van der Waals surface area contributed by atoms with Gasteiger partial charge in [0.15, 0.2) is 0 Å². The number of ether oxygens (including phenoxy) is 1. The van der Waals surface area contributed by atoms with E-state index in [2.05, 4.69) is 5.92 Å². The summed E-state index contributed by atoms with van der Waals surface area (Å²) in [7, 11) is 0. The largest absolute Gasteiger partial charge is 0.481 e. The highest BCUT2D eigenvalue weighted by molar-refractivity contribution is 5.79. The molecule has 0 aromatic rings. The van der Waals surface area contributed by atoms with Gasteiger partial charge in [-0.25, -0.2) is 0 Å². The van der Waals surface area contributed by atoms with Crippen LogP contribution in [-0.2, 0) is 14.3 Å². The summed E-state index contributed by atoms with van der Waals surface area (Å²) in [5.41, 5.74) is -0.279. The quantitative estimate of drug-likeness (QED) is 0.420. The zero-order chi connectivity index (χ0) is 16.9. The van der Waals surface area contributed by atoms with Crippen molar-refractivity contribution in [2.45, 2.75) is 77.2 Å². The van der Waals surface area contributed by atoms with Crippen LogP contribution in [0.25, 0.3) is 0 Å². The summed E-state index contributed by atoms with van der Waals surface area (Å²) in [6, 6.07) is 0. The molecule has 23 heavy (non-hydrogen) atoms. The minimum absolute atomic E-state index is 0.000586. The van der Waals surface area contributed by atoms with E-state index in [1.54, 1.807) is 0 Å². The molecule has 2 aliphatic rings. The molecule has 4 nitrogen and oxygen atoms in total. The molecule has 2 fully saturated rings. The molecular weight excluding hydrogens is 292 g/mol. The Morgan fingerprint density at radius 1 is 1.35 bits per heavy atom. The van der Waals surface area contributed by atoms with Crippen LogP contribution in [-0.4, -0.2) is 23.1 Å². The molecule has 0 saturated heterocycles. The fourth-order valence-electron chi connectivity index (χ4n) is 3.86. The number of hydrogen-bond acceptors (Lipinski definition) is 3. The second kappa shape index (κ2) is 7.86. The van der Waals surface area contributed by atoms with Crippen LogP contribution < -0.4 is 0 Å². The average Bonchev–Trinajstić information content (AvgIpc) is 3.23. The molecule has 2 rings (SSSR count). The van der Waals surface area contributed by atoms with Gasteiger partial charge in [-0.2, -0.15) is 0 Å². The summed E-state index contributed by atoms with van der Waals surface area (Å²) in [6.45, 7) is 2.01. The maximum atomic E-state index is 12.2. The molecular formula is C19H28O4. The van der Waals surface area contributed by atoms with Crippen molar-refractivity contribution in [3.8, 4) is 12.3 Å². The van der Waals surface area contributed by atoms with E-state index in [0.29, 0.717) is 5.92 Å². The van der Waals surface area contributed by atoms with Crippen molar-refractivity contribution in [2.75, 3.05) is 0 Å². The van der Waals surface area contributed by atoms with E-state index in [-0.39, 0.29) is 23.9 Å². The van der Waals surface area contributed by atoms with Crippen LogP contribution in [0.1, 0.15) is 71.1 Å². The molecule has 128 valence electrons. The fraction of sp³-hybridized carbons (Fsp3) is 0.789. The Labute approximate surface area is 139 Å². The van der Waals surface area contributed by atoms with E-state index in [9.17, 15) is 14.7 Å². The first-order valence-electron chi connectivity index (χ1n) is 8.82. The molecule has 4 heteroatoms. The van der Waals surface area contributed by atoms with Crippen molar-refractivity contribution in [3.05, 3.63) is 0 Å². The zero-order valence-corrected chi connectivity index (χ0v) is 14.1. The molecule has 0 aromatic heterocycles. The molecule has 0 heterocycles. The lowest BCUT2D eigenvalue weighted by atomic mass is 9.66. The first-order chi connectivity index (χ1) is 11.0. The van der Waals surface area contributed by atoms with Crippen LogP contribution in [0.5, 0.6) is 0 Å². The Bertz CT molecular complexity index is 470. The number of carboxylic acid groups (broad SMARTS) is 1. The molecule has 2 saturated carbocycles. The lowest BCUT2D eigenvalue weighted by Crippen LogP contribution is -2.37. The fourth-order valence-corrected chi connectivity index (χ4v) is 3.86. The summed E-state index contributed by atoms with van der Waals surface area (Å²) in [5, 5.41) is 9.56. The van der Waals surface area contributed by atoms with Gasteiger partial charge in [0.1, 0.15) is 6.10 Å². The molecule has 0 spiro atoms. The smallest absolute Gasteiger partial charge is 0.307 e. The van der Waals surface area contributed by atoms with Gasteiger partial charge in [0, 0.05) is 6.42 Å². The normalized spacial score (nSPS) is 26.8. The number of terminal acetylenes is 1. The standard InChI is InChI=1S/C19H28O4/c1-3-4-6-9-14-12-16(14)23-17(20)13-15(18(21)22)19(2)10-7-5-8-11-19/h1,14-16H,4-13H2,2H3,(H,21,22)/t14-,15-,16-/m1/s1. The summed E-state index contributed by atoms with van der Waals surface area (Å²) in [4.78, 5) is 23.8. The summed E-state index contributed by atoms with van der Waals surface area (Å²) in [6.07, 6.45) is 13.8. The number of carbonyl (C=O) groups excluding carboxylic acids is 1. The third-order valence-corrected chi connectivity index (χ3v) is 5.54. The number of esters is 1. The van der Waals surface area contributed by atoms with Crippen LogP contribution in [0.4, 0.5) is 0 Å². The Kier molecular flexibility index (Phi) is 6.10. The average molecular weight is 320 g/mol. The van der Waals surface area contributed by atoms with E-state index in [1.807, 2.05) is 6.92 Å². The molecule has 0 aliphatic heterocycles. The topological polar surface area (TPSA) is 63.6 Å². The zero-order valence-electron chi connectivity index (χ0n) is 14.1. The summed E-state index contributed by atoms with van der Waals surface area (Å²) < 4.78 is 5.47. The third kappa shape index (κ3) is 4.99. The predicted molar refractivity (Wildman–Crippen MR) is 87.6 cm³/mol. The Morgan fingerprint density at radius 2 is 2.04 bits per heavy atom. The molecule has 0 aromatic carbocycles. The van der Waals surface area contributed by atoms with Gasteiger partial charge in [-0.1, -0.05) is 26.2 Å². The van der Waals surface area contributed by atoms with Crippen LogP contribution in [0.3, 0.4) is 0 Å². The first kappa shape index (κ1) is 17.8. The van der Waals surface area contributed by atoms with Crippen LogP contribution in [0, 0.1) is 29.6 Å². The van der Waals surface area contributed by atoms with E-state index in [0.717, 1.165) is 57.8 Å². The van der Waals surface area contributed by atoms with Gasteiger partial charge in [0.2, 0.25) is 0 Å². The Balaban J connectivity index is 1.80. The predicted octanol–water partition coefficient (Wildman–Crippen LogP) is 3.78. The summed E-state index contributed by atoms with van der Waals surface area (Å²) >= 11 is 0. The van der Waals surface area contributed by atoms with Crippen molar-refractivity contribution in [1.82, 2.24) is 0 Å². The highest BCUT2D eigenvalue weighted by atomic mass is 16.5. The third-order valence-electron chi connectivity index (χ3n) is 5.54. The second-order valence-electron chi connectivity index (χ2n) is 7.43. The monoisotopic (exact) mass is 320 g/mol. The van der Waals surface area contributed by atoms with Crippen molar-refractivity contribution in [2.24, 2.45) is 17.3 Å². The molecule has 0 unspecified atom stereocenters. The molecule has 3 atom stereocenters. The molecule has 0 amide bonds. The SMILES string of the molecule is C#CCCC[C@@H]1C[C@H]1OC(=O)C[C@H](C(=O)O)C1(C)CCCCC1. The van der Waals surface area contributed by atoms with E-state index < -0.39 is 11.9 Å². The van der Waals surface area contributed by atoms with Crippen LogP contribution in [0.15, 0.2) is 0 Å². The number of hydrogen-bond donors (Lipinski definition) is 1. The second-order valence-corrected chi connectivity index (χ2v) is 7.43. The van der Waals surface area contributed by atoms with Gasteiger partial charge < -0.3 is 9.84 Å². The first-order valence-corrected chi connectivity index (χ1v) is 8.82. The van der Waals surface area contributed by atoms with Crippen molar-refractivity contribution in [3.63, 3.8) is 0 Å². The van der Waals surface area contributed by atoms with Crippen LogP contribution in [0.2, 0.25) is 0 Å². The van der Waals surface area contributed by atoms with Gasteiger partial charge in [0.05, 0.1) is 12.3 Å². The van der Waals surface area contributed by atoms with Crippen molar-refractivity contribution in [1.29, 1.82) is 0 Å². The minimum Gasteiger partial charge on any atom is -0.481 e. The van der Waals surface area contributed by atoms with E-state index >= 15 is 0 Å². The van der Waals surface area contributed by atoms with Gasteiger partial charge in [-0.05, 0) is 43.4 Å². The lowest BCUT2D eigenvalue weighted by molar-refractivity contribution is -0.157. The van der Waals surface area contributed by atoms with Crippen molar-refractivity contribution >= 4 is 11.9 Å². The van der Waals surface area contributed by atoms with Gasteiger partial charge in [0.25, 0.3) is 0 Å². The van der Waals surface area contributed by atoms with Crippen molar-refractivity contribution < 1.29 is 19.4 Å². The lowest BCUT2D eigenvalue weighted by Gasteiger charge is -2.38. The summed E-state index contributed by atoms with van der Waals surface area (Å²) in [5.74, 6) is 1.18. The van der Waals surface area contributed by atoms with Crippen LogP contribution >= 0.6 is 0 Å². The molecule has 1 N–H and O–H groups in total. The maximum absolute atomic E-state index is 12.2.